The number of aromatic nitrogens is 1. The summed E-state index contributed by atoms with van der Waals surface area (Å²) in [4.78, 5) is 122. The molecule has 2 aromatic carbocycles. The van der Waals surface area contributed by atoms with Crippen molar-refractivity contribution in [2.24, 2.45) is 29.0 Å². The number of aliphatic carboxylic acids is 2. The highest BCUT2D eigenvalue weighted by Crippen LogP contribution is 2.20. The molecule has 7 amide bonds. The molecule has 0 bridgehead atoms. The molecule has 3 rings (SSSR count). The van der Waals surface area contributed by atoms with Crippen LogP contribution >= 0.6 is 0 Å². The second-order valence-corrected chi connectivity index (χ2v) is 17.4. The van der Waals surface area contributed by atoms with Gasteiger partial charge in [-0.3, -0.25) is 38.4 Å². The van der Waals surface area contributed by atoms with E-state index in [0.29, 0.717) is 30.2 Å². The van der Waals surface area contributed by atoms with Gasteiger partial charge in [0, 0.05) is 29.9 Å². The highest BCUT2D eigenvalue weighted by molar-refractivity contribution is 5.98. The van der Waals surface area contributed by atoms with Crippen LogP contribution in [0.15, 0.2) is 60.8 Å². The number of amides is 7. The number of para-hydroxylation sites is 1. The number of hydrogen-bond acceptors (Lipinski definition) is 11. The predicted octanol–water partition coefficient (Wildman–Crippen LogP) is 0.235. The Morgan fingerprint density at radius 2 is 1.21 bits per heavy atom. The van der Waals surface area contributed by atoms with Gasteiger partial charge >= 0.3 is 11.9 Å². The Balaban J connectivity index is 1.96. The van der Waals surface area contributed by atoms with E-state index in [-0.39, 0.29) is 38.1 Å². The number of primary amides is 1. The van der Waals surface area contributed by atoms with Crippen molar-refractivity contribution in [2.45, 2.75) is 134 Å². The average Bonchev–Trinajstić information content (AvgIpc) is 3.70. The topological polar surface area (TPSA) is 360 Å². The molecular weight excluding hydrogens is 881 g/mol. The van der Waals surface area contributed by atoms with Crippen LogP contribution in [0, 0.1) is 11.8 Å². The van der Waals surface area contributed by atoms with Gasteiger partial charge in [0.25, 0.3) is 0 Å². The Morgan fingerprint density at radius 1 is 0.647 bits per heavy atom. The van der Waals surface area contributed by atoms with Crippen LogP contribution in [0.2, 0.25) is 0 Å². The Hall–Kier alpha value is -6.87. The number of nitrogens with one attached hydrogen (secondary N) is 7. The molecule has 0 saturated heterocycles. The maximum atomic E-state index is 14.5. The van der Waals surface area contributed by atoms with Crippen molar-refractivity contribution in [3.8, 4) is 0 Å². The number of H-pyrrole nitrogens is 1. The SMILES string of the molecule is CC[C@H](C)[C@H](NC(=O)[C@@H](N)Cc1ccccc1)C(=O)N[C@@H](CCC(=O)O)C(=O)N[C@@H](Cc1c[nH]c2ccccc12)C(=O)N[C@@H](CC(C)C)C(=O)N[C@@H](CCCCN)C(=O)N[C@@H](CC(N)=O)C(=O)O. The average molecular weight is 949 g/mol. The van der Waals surface area contributed by atoms with Crippen LogP contribution < -0.4 is 49.1 Å². The second-order valence-electron chi connectivity index (χ2n) is 17.4. The summed E-state index contributed by atoms with van der Waals surface area (Å²) in [6, 6.07) is 6.74. The summed E-state index contributed by atoms with van der Waals surface area (Å²) < 4.78 is 0. The van der Waals surface area contributed by atoms with Gasteiger partial charge in [-0.1, -0.05) is 82.6 Å². The Bertz CT molecular complexity index is 2200. The lowest BCUT2D eigenvalue weighted by atomic mass is 9.96. The molecule has 0 aliphatic rings. The van der Waals surface area contributed by atoms with Crippen molar-refractivity contribution in [1.82, 2.24) is 36.9 Å². The molecule has 21 heteroatoms. The zero-order valence-electron chi connectivity index (χ0n) is 39.0. The van der Waals surface area contributed by atoms with Gasteiger partial charge in [0.2, 0.25) is 41.4 Å². The molecule has 21 nitrogen and oxygen atoms in total. The van der Waals surface area contributed by atoms with Gasteiger partial charge in [0.15, 0.2) is 0 Å². The first-order valence-corrected chi connectivity index (χ1v) is 22.8. The quantitative estimate of drug-likeness (QED) is 0.0399. The number of aromatic amines is 1. The zero-order chi connectivity index (χ0) is 50.5. The minimum Gasteiger partial charge on any atom is -0.481 e. The summed E-state index contributed by atoms with van der Waals surface area (Å²) in [6.45, 7) is 7.35. The minimum atomic E-state index is -1.68. The third kappa shape index (κ3) is 18.1. The molecule has 0 fully saturated rings. The van der Waals surface area contributed by atoms with Gasteiger partial charge in [-0.2, -0.15) is 0 Å². The number of nitrogens with two attached hydrogens (primary N) is 3. The summed E-state index contributed by atoms with van der Waals surface area (Å²) in [7, 11) is 0. The molecule has 0 aliphatic heterocycles. The molecule has 0 unspecified atom stereocenters. The molecular formula is C47H68N10O11. The summed E-state index contributed by atoms with van der Waals surface area (Å²) in [5.74, 6) is -9.36. The normalized spacial score (nSPS) is 14.8. The molecule has 3 aromatic rings. The third-order valence-corrected chi connectivity index (χ3v) is 11.4. The van der Waals surface area contributed by atoms with Gasteiger partial charge in [0.1, 0.15) is 36.3 Å². The number of carbonyl (C=O) groups excluding carboxylic acids is 7. The summed E-state index contributed by atoms with van der Waals surface area (Å²) in [5, 5.41) is 35.5. The molecule has 0 spiro atoms. The zero-order valence-corrected chi connectivity index (χ0v) is 39.0. The third-order valence-electron chi connectivity index (χ3n) is 11.4. The summed E-state index contributed by atoms with van der Waals surface area (Å²) >= 11 is 0. The van der Waals surface area contributed by atoms with E-state index in [2.05, 4.69) is 36.9 Å². The van der Waals surface area contributed by atoms with Gasteiger partial charge in [-0.15, -0.1) is 0 Å². The fraction of sp³-hybridized carbons (Fsp3) is 0.511. The number of unbranched alkanes of at least 4 members (excludes halogenated alkanes) is 1. The van der Waals surface area contributed by atoms with E-state index >= 15 is 0 Å². The van der Waals surface area contributed by atoms with E-state index in [1.54, 1.807) is 70.3 Å². The lowest BCUT2D eigenvalue weighted by molar-refractivity contribution is -0.143. The van der Waals surface area contributed by atoms with E-state index in [0.717, 1.165) is 11.1 Å². The number of rotatable bonds is 30. The van der Waals surface area contributed by atoms with Crippen molar-refractivity contribution in [1.29, 1.82) is 0 Å². The lowest BCUT2D eigenvalue weighted by Crippen LogP contribution is -2.61. The van der Waals surface area contributed by atoms with Crippen LogP contribution in [0.25, 0.3) is 10.9 Å². The van der Waals surface area contributed by atoms with Crippen molar-refractivity contribution >= 4 is 64.2 Å². The Morgan fingerprint density at radius 3 is 1.81 bits per heavy atom. The fourth-order valence-electron chi connectivity index (χ4n) is 7.41. The molecule has 0 saturated carbocycles. The Kier molecular flexibility index (Phi) is 22.6. The maximum Gasteiger partial charge on any atom is 0.326 e. The van der Waals surface area contributed by atoms with Crippen molar-refractivity contribution in [3.63, 3.8) is 0 Å². The number of hydrogen-bond donors (Lipinski definition) is 12. The standard InChI is InChI=1S/C47H68N10O11/c1-5-27(4)40(57-41(61)31(49)22-28-13-7-6-8-14-28)46(66)53-34(18-19-39(59)60)43(63)55-36(23-29-25-51-32-16-10-9-15-30(29)32)45(65)54-35(21-26(2)3)44(64)52-33(17-11-12-20-48)42(62)56-37(47(67)68)24-38(50)58/h6-10,13-16,25-27,31,33-37,40,51H,5,11-12,17-24,48-49H2,1-4H3,(H2,50,58)(H,52,64)(H,53,66)(H,54,65)(H,55,63)(H,56,62)(H,57,61)(H,59,60)(H,67,68)/t27-,31-,33-,34-,35-,36-,37-,40-/m0/s1. The first-order valence-electron chi connectivity index (χ1n) is 22.8. The molecule has 8 atom stereocenters. The number of carbonyl (C=O) groups is 9. The van der Waals surface area contributed by atoms with Crippen LogP contribution in [0.1, 0.15) is 90.2 Å². The number of fused-ring (bicyclic) bond motifs is 1. The van der Waals surface area contributed by atoms with E-state index in [1.807, 2.05) is 18.2 Å². The van der Waals surface area contributed by atoms with Crippen LogP contribution in [-0.4, -0.2) is 117 Å². The monoisotopic (exact) mass is 949 g/mol. The van der Waals surface area contributed by atoms with Gasteiger partial charge in [-0.05, 0) is 74.1 Å². The van der Waals surface area contributed by atoms with Crippen molar-refractivity contribution in [2.75, 3.05) is 6.54 Å². The molecule has 1 heterocycles. The lowest BCUT2D eigenvalue weighted by Gasteiger charge is -2.29. The molecule has 68 heavy (non-hydrogen) atoms. The maximum absolute atomic E-state index is 14.5. The predicted molar refractivity (Wildman–Crippen MR) is 252 cm³/mol. The summed E-state index contributed by atoms with van der Waals surface area (Å²) in [5.41, 5.74) is 19.2. The second kappa shape index (κ2) is 27.7. The molecule has 372 valence electrons. The van der Waals surface area contributed by atoms with E-state index in [1.165, 1.54) is 0 Å². The minimum absolute atomic E-state index is 0.0186. The van der Waals surface area contributed by atoms with Crippen molar-refractivity contribution in [3.05, 3.63) is 71.9 Å². The van der Waals surface area contributed by atoms with Crippen LogP contribution in [-0.2, 0) is 56.0 Å². The van der Waals surface area contributed by atoms with Crippen LogP contribution in [0.4, 0.5) is 0 Å². The van der Waals surface area contributed by atoms with Crippen molar-refractivity contribution < 1.29 is 53.4 Å². The molecule has 1 aromatic heterocycles. The van der Waals surface area contributed by atoms with E-state index < -0.39 is 121 Å². The summed E-state index contributed by atoms with van der Waals surface area (Å²) in [6.07, 6.45) is 1.28. The van der Waals surface area contributed by atoms with Crippen LogP contribution in [0.5, 0.6) is 0 Å². The largest absolute Gasteiger partial charge is 0.481 e. The number of carboxylic acids is 2. The van der Waals surface area contributed by atoms with E-state index in [4.69, 9.17) is 17.2 Å². The van der Waals surface area contributed by atoms with Gasteiger partial charge < -0.3 is 64.3 Å². The Labute approximate surface area is 395 Å². The molecule has 15 N–H and O–H groups in total. The highest BCUT2D eigenvalue weighted by atomic mass is 16.4. The van der Waals surface area contributed by atoms with E-state index in [9.17, 15) is 53.4 Å². The highest BCUT2D eigenvalue weighted by Gasteiger charge is 2.35. The first-order chi connectivity index (χ1) is 32.2. The molecule has 0 radical (unpaired) electrons. The van der Waals surface area contributed by atoms with Gasteiger partial charge in [-0.25, -0.2) is 4.79 Å². The van der Waals surface area contributed by atoms with Gasteiger partial charge in [0.05, 0.1) is 12.5 Å². The number of carboxylic acid groups (broad SMARTS) is 2. The molecule has 0 aliphatic carbocycles. The fourth-order valence-corrected chi connectivity index (χ4v) is 7.41. The first kappa shape index (κ1) is 55.5. The smallest absolute Gasteiger partial charge is 0.326 e. The number of benzene rings is 2. The van der Waals surface area contributed by atoms with Crippen LogP contribution in [0.3, 0.4) is 0 Å².